The van der Waals surface area contributed by atoms with Crippen molar-refractivity contribution in [3.8, 4) is 0 Å². The predicted octanol–water partition coefficient (Wildman–Crippen LogP) is 5.75. The van der Waals surface area contributed by atoms with Crippen LogP contribution in [-0.4, -0.2) is 46.5 Å². The molecule has 4 amide bonds. The van der Waals surface area contributed by atoms with E-state index in [1.165, 1.54) is 9.80 Å². The molecule has 0 saturated heterocycles. The molecule has 0 aromatic heterocycles. The fraction of sp³-hybridized carbons (Fsp3) is 0.200. The molecule has 36 heavy (non-hydrogen) atoms. The van der Waals surface area contributed by atoms with Crippen LogP contribution >= 0.6 is 0 Å². The smallest absolute Gasteiger partial charge is 0.261 e. The lowest BCUT2D eigenvalue weighted by molar-refractivity contribution is 0.0595. The number of imide groups is 2. The molecule has 6 nitrogen and oxygen atoms in total. The summed E-state index contributed by atoms with van der Waals surface area (Å²) in [6.07, 6.45) is 1.39. The highest BCUT2D eigenvalue weighted by atomic mass is 16.2. The molecule has 0 unspecified atom stereocenters. The van der Waals surface area contributed by atoms with Gasteiger partial charge in [0.2, 0.25) is 0 Å². The molecule has 0 N–H and O–H groups in total. The summed E-state index contributed by atoms with van der Waals surface area (Å²) in [7, 11) is 0. The van der Waals surface area contributed by atoms with Gasteiger partial charge in [-0.1, -0.05) is 38.1 Å². The molecular formula is C30H22N2O4. The van der Waals surface area contributed by atoms with Gasteiger partial charge in [0.05, 0.1) is 0 Å². The maximum Gasteiger partial charge on any atom is 0.261 e. The molecule has 0 saturated carbocycles. The first-order chi connectivity index (χ1) is 17.5. The van der Waals surface area contributed by atoms with Crippen LogP contribution in [0.4, 0.5) is 0 Å². The Balaban J connectivity index is 1.63. The first-order valence-corrected chi connectivity index (χ1v) is 12.4. The fourth-order valence-corrected chi connectivity index (χ4v) is 6.22. The van der Waals surface area contributed by atoms with Crippen molar-refractivity contribution in [3.63, 3.8) is 0 Å². The van der Waals surface area contributed by atoms with E-state index < -0.39 is 0 Å². The average Bonchev–Trinajstić information content (AvgIpc) is 2.89. The summed E-state index contributed by atoms with van der Waals surface area (Å²) in [6.45, 7) is 4.66. The molecule has 0 fully saturated rings. The van der Waals surface area contributed by atoms with Crippen LogP contribution in [-0.2, 0) is 0 Å². The summed E-state index contributed by atoms with van der Waals surface area (Å²) in [5.74, 6) is -1.05. The minimum Gasteiger partial charge on any atom is -0.274 e. The van der Waals surface area contributed by atoms with Gasteiger partial charge in [-0.15, -0.1) is 0 Å². The standard InChI is InChI=1S/C30H22N2O4/c1-3-13-31-27(33)19-9-5-15-17-7-11-21-26-22(30(36)32(14-4-2)29(21)35)12-8-18(24(17)26)16-6-10-20(28(31)34)25(19)23(15)16/h5-12H,3-4,13-14H2,1-2H3. The third-order valence-electron chi connectivity index (χ3n) is 7.70. The molecule has 5 aromatic carbocycles. The average molecular weight is 475 g/mol. The fourth-order valence-electron chi connectivity index (χ4n) is 6.22. The van der Waals surface area contributed by atoms with Crippen molar-refractivity contribution in [2.75, 3.05) is 13.1 Å². The Morgan fingerprint density at radius 1 is 0.444 bits per heavy atom. The van der Waals surface area contributed by atoms with Gasteiger partial charge in [-0.25, -0.2) is 0 Å². The van der Waals surface area contributed by atoms with Crippen molar-refractivity contribution in [3.05, 3.63) is 70.8 Å². The maximum absolute atomic E-state index is 13.3. The molecule has 0 atom stereocenters. The van der Waals surface area contributed by atoms with E-state index in [1.807, 2.05) is 62.4 Å². The van der Waals surface area contributed by atoms with Gasteiger partial charge in [0.15, 0.2) is 0 Å². The van der Waals surface area contributed by atoms with Crippen LogP contribution in [0.5, 0.6) is 0 Å². The molecule has 0 spiro atoms. The molecule has 0 radical (unpaired) electrons. The highest BCUT2D eigenvalue weighted by Crippen LogP contribution is 2.46. The number of fused-ring (bicyclic) bond motifs is 2. The first kappa shape index (κ1) is 21.0. The monoisotopic (exact) mass is 474 g/mol. The van der Waals surface area contributed by atoms with E-state index in [9.17, 15) is 19.2 Å². The SMILES string of the molecule is CCCN1C(=O)c2ccc3c4ccc5c6c(ccc(c7ccc(c2c37)C1=O)c64)C(=O)N(CCC)C5=O. The van der Waals surface area contributed by atoms with Gasteiger partial charge in [-0.05, 0) is 69.4 Å². The minimum atomic E-state index is -0.263. The Kier molecular flexibility index (Phi) is 4.14. The van der Waals surface area contributed by atoms with E-state index in [-0.39, 0.29) is 23.6 Å². The lowest BCUT2D eigenvalue weighted by Crippen LogP contribution is -2.40. The van der Waals surface area contributed by atoms with E-state index in [0.717, 1.165) is 32.3 Å². The molecule has 2 aliphatic rings. The second kappa shape index (κ2) is 7.10. The normalized spacial score (nSPS) is 15.5. The summed E-state index contributed by atoms with van der Waals surface area (Å²) < 4.78 is 0. The van der Waals surface area contributed by atoms with Crippen LogP contribution in [0.1, 0.15) is 68.1 Å². The molecule has 7 rings (SSSR count). The molecule has 2 heterocycles. The van der Waals surface area contributed by atoms with E-state index in [0.29, 0.717) is 59.0 Å². The summed E-state index contributed by atoms with van der Waals surface area (Å²) in [6, 6.07) is 15.0. The Labute approximate surface area is 206 Å². The van der Waals surface area contributed by atoms with Gasteiger partial charge in [-0.2, -0.15) is 0 Å². The van der Waals surface area contributed by atoms with Gasteiger partial charge < -0.3 is 0 Å². The van der Waals surface area contributed by atoms with E-state index in [2.05, 4.69) is 0 Å². The molecular weight excluding hydrogens is 452 g/mol. The van der Waals surface area contributed by atoms with Crippen LogP contribution in [0, 0.1) is 0 Å². The van der Waals surface area contributed by atoms with E-state index in [4.69, 9.17) is 0 Å². The number of hydrogen-bond acceptors (Lipinski definition) is 4. The molecule has 0 bridgehead atoms. The minimum absolute atomic E-state index is 0.263. The van der Waals surface area contributed by atoms with Gasteiger partial charge in [-0.3, -0.25) is 29.0 Å². The highest BCUT2D eigenvalue weighted by Gasteiger charge is 2.36. The third-order valence-corrected chi connectivity index (χ3v) is 7.70. The summed E-state index contributed by atoms with van der Waals surface area (Å²) >= 11 is 0. The number of carbonyl (C=O) groups is 4. The van der Waals surface area contributed by atoms with Gasteiger partial charge in [0.25, 0.3) is 23.6 Å². The van der Waals surface area contributed by atoms with Gasteiger partial charge in [0.1, 0.15) is 0 Å². The second-order valence-electron chi connectivity index (χ2n) is 9.67. The van der Waals surface area contributed by atoms with Crippen molar-refractivity contribution < 1.29 is 19.2 Å². The van der Waals surface area contributed by atoms with Crippen molar-refractivity contribution in [2.24, 2.45) is 0 Å². The highest BCUT2D eigenvalue weighted by molar-refractivity contribution is 6.41. The Morgan fingerprint density at radius 3 is 0.972 bits per heavy atom. The van der Waals surface area contributed by atoms with Crippen LogP contribution in [0.25, 0.3) is 43.1 Å². The van der Waals surface area contributed by atoms with Crippen molar-refractivity contribution >= 4 is 66.7 Å². The predicted molar refractivity (Wildman–Crippen MR) is 139 cm³/mol. The largest absolute Gasteiger partial charge is 0.274 e. The maximum atomic E-state index is 13.3. The van der Waals surface area contributed by atoms with Crippen LogP contribution in [0.2, 0.25) is 0 Å². The Morgan fingerprint density at radius 2 is 0.722 bits per heavy atom. The topological polar surface area (TPSA) is 74.8 Å². The van der Waals surface area contributed by atoms with Crippen molar-refractivity contribution in [2.45, 2.75) is 26.7 Å². The summed E-state index contributed by atoms with van der Waals surface area (Å²) in [5.41, 5.74) is 2.14. The molecule has 176 valence electrons. The molecule has 6 heteroatoms. The second-order valence-corrected chi connectivity index (χ2v) is 9.67. The van der Waals surface area contributed by atoms with Gasteiger partial charge in [0, 0.05) is 46.1 Å². The molecule has 2 aliphatic heterocycles. The molecule has 0 aliphatic carbocycles. The lowest BCUT2D eigenvalue weighted by Gasteiger charge is -2.30. The summed E-state index contributed by atoms with van der Waals surface area (Å²) in [4.78, 5) is 55.8. The zero-order chi connectivity index (χ0) is 24.9. The van der Waals surface area contributed by atoms with E-state index in [1.54, 1.807) is 0 Å². The quantitative estimate of drug-likeness (QED) is 0.189. The zero-order valence-electron chi connectivity index (χ0n) is 20.0. The van der Waals surface area contributed by atoms with Gasteiger partial charge >= 0.3 is 0 Å². The van der Waals surface area contributed by atoms with Crippen LogP contribution in [0.15, 0.2) is 48.5 Å². The Bertz CT molecular complexity index is 1600. The third kappa shape index (κ3) is 2.36. The first-order valence-electron chi connectivity index (χ1n) is 12.4. The van der Waals surface area contributed by atoms with Crippen LogP contribution < -0.4 is 0 Å². The number of carbonyl (C=O) groups excluding carboxylic acids is 4. The number of benzene rings is 5. The lowest BCUT2D eigenvalue weighted by atomic mass is 9.82. The number of nitrogens with zero attached hydrogens (tertiary/aromatic N) is 2. The van der Waals surface area contributed by atoms with Crippen LogP contribution in [0.3, 0.4) is 0 Å². The number of amides is 4. The summed E-state index contributed by atoms with van der Waals surface area (Å²) in [5, 5.41) is 6.74. The zero-order valence-corrected chi connectivity index (χ0v) is 20.0. The molecule has 5 aromatic rings. The van der Waals surface area contributed by atoms with Crippen molar-refractivity contribution in [1.29, 1.82) is 0 Å². The number of rotatable bonds is 4. The van der Waals surface area contributed by atoms with Crippen molar-refractivity contribution in [1.82, 2.24) is 9.80 Å². The Hall–Kier alpha value is -4.32. The number of hydrogen-bond donors (Lipinski definition) is 0. The van der Waals surface area contributed by atoms with E-state index >= 15 is 0 Å².